The van der Waals surface area contributed by atoms with Crippen LogP contribution in [-0.4, -0.2) is 42.0 Å². The molecule has 2 rings (SSSR count). The lowest BCUT2D eigenvalue weighted by atomic mass is 10.2. The molecule has 0 bridgehead atoms. The number of benzene rings is 1. The molecule has 0 saturated carbocycles. The summed E-state index contributed by atoms with van der Waals surface area (Å²) in [6, 6.07) is 7.93. The van der Waals surface area contributed by atoms with Gasteiger partial charge in [0.2, 0.25) is 0 Å². The maximum Gasteiger partial charge on any atom is 0.267 e. The second-order valence-electron chi connectivity index (χ2n) is 5.32. The van der Waals surface area contributed by atoms with E-state index in [4.69, 9.17) is 5.73 Å². The molecule has 1 heterocycles. The van der Waals surface area contributed by atoms with E-state index in [-0.39, 0.29) is 5.91 Å². The number of anilines is 1. The second kappa shape index (κ2) is 5.96. The van der Waals surface area contributed by atoms with Crippen LogP contribution < -0.4 is 11.1 Å². The van der Waals surface area contributed by atoms with Gasteiger partial charge in [0.05, 0.1) is 11.2 Å². The molecule has 5 heteroatoms. The summed E-state index contributed by atoms with van der Waals surface area (Å²) in [5, 5.41) is 3.87. The number of nitrogens with zero attached hydrogens (tertiary/aromatic N) is 1. The van der Waals surface area contributed by atoms with Gasteiger partial charge in [0.25, 0.3) is 5.91 Å². The molecule has 0 unspecified atom stereocenters. The first-order valence-corrected chi connectivity index (χ1v) is 6.84. The Kier molecular flexibility index (Phi) is 4.29. The van der Waals surface area contributed by atoms with E-state index < -0.39 is 0 Å². The average Bonchev–Trinajstić information content (AvgIpc) is 2.84. The molecule has 20 heavy (non-hydrogen) atoms. The Morgan fingerprint density at radius 2 is 2.20 bits per heavy atom. The molecule has 0 radical (unpaired) electrons. The van der Waals surface area contributed by atoms with Gasteiger partial charge in [-0.1, -0.05) is 12.1 Å². The van der Waals surface area contributed by atoms with Gasteiger partial charge < -0.3 is 20.9 Å². The van der Waals surface area contributed by atoms with E-state index in [9.17, 15) is 4.79 Å². The van der Waals surface area contributed by atoms with Crippen molar-refractivity contribution in [3.63, 3.8) is 0 Å². The van der Waals surface area contributed by atoms with Crippen LogP contribution in [0, 0.1) is 0 Å². The van der Waals surface area contributed by atoms with Gasteiger partial charge in [0.1, 0.15) is 5.69 Å². The van der Waals surface area contributed by atoms with Crippen molar-refractivity contribution >= 4 is 22.5 Å². The number of carbonyl (C=O) groups excluding carboxylic acids is 1. The number of nitrogen functional groups attached to an aromatic ring is 1. The van der Waals surface area contributed by atoms with E-state index in [0.29, 0.717) is 24.0 Å². The maximum atomic E-state index is 12.1. The minimum atomic E-state index is -0.0993. The van der Waals surface area contributed by atoms with Crippen LogP contribution >= 0.6 is 0 Å². The first-order chi connectivity index (χ1) is 9.49. The van der Waals surface area contributed by atoms with E-state index >= 15 is 0 Å². The van der Waals surface area contributed by atoms with Gasteiger partial charge in [-0.15, -0.1) is 0 Å². The molecule has 2 aromatic rings. The van der Waals surface area contributed by atoms with E-state index in [2.05, 4.69) is 29.0 Å². The molecule has 0 aliphatic rings. The lowest BCUT2D eigenvalue weighted by molar-refractivity contribution is 0.0944. The van der Waals surface area contributed by atoms with Crippen LogP contribution in [0.4, 0.5) is 5.69 Å². The van der Waals surface area contributed by atoms with Crippen molar-refractivity contribution in [1.29, 1.82) is 0 Å². The van der Waals surface area contributed by atoms with Gasteiger partial charge >= 0.3 is 0 Å². The summed E-state index contributed by atoms with van der Waals surface area (Å²) < 4.78 is 0. The van der Waals surface area contributed by atoms with Crippen LogP contribution in [0.15, 0.2) is 24.3 Å². The monoisotopic (exact) mass is 274 g/mol. The predicted octanol–water partition coefficient (Wildman–Crippen LogP) is 1.82. The molecule has 0 saturated heterocycles. The van der Waals surface area contributed by atoms with Crippen molar-refractivity contribution < 1.29 is 4.79 Å². The SMILES string of the molecule is CC(C)N(C)CCNC(=O)c1cc2cccc(N)c2[nH]1. The van der Waals surface area contributed by atoms with E-state index in [0.717, 1.165) is 17.4 Å². The Balaban J connectivity index is 1.99. The zero-order valence-electron chi connectivity index (χ0n) is 12.2. The standard InChI is InChI=1S/C15H22N4O/c1-10(2)19(3)8-7-17-15(20)13-9-11-5-4-6-12(16)14(11)18-13/h4-6,9-10,18H,7-8,16H2,1-3H3,(H,17,20). The largest absolute Gasteiger partial charge is 0.397 e. The summed E-state index contributed by atoms with van der Waals surface area (Å²) in [5.74, 6) is -0.0993. The smallest absolute Gasteiger partial charge is 0.267 e. The number of hydrogen-bond acceptors (Lipinski definition) is 3. The number of H-pyrrole nitrogens is 1. The molecular weight excluding hydrogens is 252 g/mol. The van der Waals surface area contributed by atoms with Crippen LogP contribution in [0.5, 0.6) is 0 Å². The Labute approximate surface area is 119 Å². The molecule has 0 aliphatic carbocycles. The summed E-state index contributed by atoms with van der Waals surface area (Å²) in [7, 11) is 2.04. The van der Waals surface area contributed by atoms with Crippen molar-refractivity contribution in [3.05, 3.63) is 30.0 Å². The van der Waals surface area contributed by atoms with Crippen molar-refractivity contribution in [1.82, 2.24) is 15.2 Å². The zero-order valence-corrected chi connectivity index (χ0v) is 12.2. The third-order valence-electron chi connectivity index (χ3n) is 3.56. The summed E-state index contributed by atoms with van der Waals surface area (Å²) in [6.07, 6.45) is 0. The fourth-order valence-electron chi connectivity index (χ4n) is 2.00. The number of carbonyl (C=O) groups is 1. The fraction of sp³-hybridized carbons (Fsp3) is 0.400. The predicted molar refractivity (Wildman–Crippen MR) is 82.8 cm³/mol. The highest BCUT2D eigenvalue weighted by atomic mass is 16.1. The van der Waals surface area contributed by atoms with Crippen molar-refractivity contribution in [2.24, 2.45) is 0 Å². The Hall–Kier alpha value is -2.01. The molecule has 1 amide bonds. The molecule has 0 spiro atoms. The van der Waals surface area contributed by atoms with Crippen LogP contribution in [0.25, 0.3) is 10.9 Å². The van der Waals surface area contributed by atoms with Gasteiger partial charge in [-0.25, -0.2) is 0 Å². The number of rotatable bonds is 5. The Bertz CT molecular complexity index is 603. The molecule has 4 N–H and O–H groups in total. The maximum absolute atomic E-state index is 12.1. The van der Waals surface area contributed by atoms with Gasteiger partial charge in [-0.3, -0.25) is 4.79 Å². The summed E-state index contributed by atoms with van der Waals surface area (Å²) in [5.41, 5.74) is 7.89. The number of likely N-dealkylation sites (N-methyl/N-ethyl adjacent to an activating group) is 1. The molecule has 108 valence electrons. The quantitative estimate of drug-likeness (QED) is 0.728. The molecule has 5 nitrogen and oxygen atoms in total. The zero-order chi connectivity index (χ0) is 14.7. The van der Waals surface area contributed by atoms with Crippen LogP contribution in [0.2, 0.25) is 0 Å². The first kappa shape index (κ1) is 14.4. The number of para-hydroxylation sites is 1. The first-order valence-electron chi connectivity index (χ1n) is 6.84. The summed E-state index contributed by atoms with van der Waals surface area (Å²) in [4.78, 5) is 17.3. The summed E-state index contributed by atoms with van der Waals surface area (Å²) >= 11 is 0. The highest BCUT2D eigenvalue weighted by molar-refractivity contribution is 6.00. The number of aromatic amines is 1. The highest BCUT2D eigenvalue weighted by Crippen LogP contribution is 2.20. The molecule has 0 fully saturated rings. The van der Waals surface area contributed by atoms with Gasteiger partial charge in [-0.2, -0.15) is 0 Å². The highest BCUT2D eigenvalue weighted by Gasteiger charge is 2.11. The number of aromatic nitrogens is 1. The number of nitrogens with two attached hydrogens (primary N) is 1. The van der Waals surface area contributed by atoms with Crippen LogP contribution in [-0.2, 0) is 0 Å². The van der Waals surface area contributed by atoms with E-state index in [1.165, 1.54) is 0 Å². The number of hydrogen-bond donors (Lipinski definition) is 3. The van der Waals surface area contributed by atoms with E-state index in [1.807, 2.05) is 31.3 Å². The third-order valence-corrected chi connectivity index (χ3v) is 3.56. The van der Waals surface area contributed by atoms with Gasteiger partial charge in [0.15, 0.2) is 0 Å². The Morgan fingerprint density at radius 1 is 1.45 bits per heavy atom. The molecule has 0 aliphatic heterocycles. The molecule has 1 aromatic heterocycles. The second-order valence-corrected chi connectivity index (χ2v) is 5.32. The van der Waals surface area contributed by atoms with Crippen molar-refractivity contribution in [2.45, 2.75) is 19.9 Å². The van der Waals surface area contributed by atoms with Gasteiger partial charge in [0, 0.05) is 24.5 Å². The molecule has 0 atom stereocenters. The normalized spacial score (nSPS) is 11.4. The number of nitrogens with one attached hydrogen (secondary N) is 2. The Morgan fingerprint density at radius 3 is 2.85 bits per heavy atom. The van der Waals surface area contributed by atoms with Crippen molar-refractivity contribution in [3.8, 4) is 0 Å². The van der Waals surface area contributed by atoms with E-state index in [1.54, 1.807) is 0 Å². The third kappa shape index (κ3) is 3.11. The van der Waals surface area contributed by atoms with Gasteiger partial charge in [-0.05, 0) is 33.0 Å². The minimum Gasteiger partial charge on any atom is -0.397 e. The van der Waals surface area contributed by atoms with Crippen LogP contribution in [0.1, 0.15) is 24.3 Å². The number of fused-ring (bicyclic) bond motifs is 1. The number of amides is 1. The topological polar surface area (TPSA) is 74.2 Å². The van der Waals surface area contributed by atoms with Crippen LogP contribution in [0.3, 0.4) is 0 Å². The molecular formula is C15H22N4O. The lowest BCUT2D eigenvalue weighted by Gasteiger charge is -2.20. The minimum absolute atomic E-state index is 0.0993. The summed E-state index contributed by atoms with van der Waals surface area (Å²) in [6.45, 7) is 5.70. The fourth-order valence-corrected chi connectivity index (χ4v) is 2.00. The molecule has 1 aromatic carbocycles. The average molecular weight is 274 g/mol. The van der Waals surface area contributed by atoms with Crippen molar-refractivity contribution in [2.75, 3.05) is 25.9 Å². The lowest BCUT2D eigenvalue weighted by Crippen LogP contribution is -2.36.